The zero-order valence-corrected chi connectivity index (χ0v) is 14.3. The molecule has 0 aliphatic heterocycles. The first-order chi connectivity index (χ1) is 11.5. The van der Waals surface area contributed by atoms with E-state index in [1.165, 1.54) is 23.0 Å². The zero-order chi connectivity index (χ0) is 17.3. The third-order valence-electron chi connectivity index (χ3n) is 3.57. The first-order valence-electron chi connectivity index (χ1n) is 7.15. The Morgan fingerprint density at radius 1 is 1.33 bits per heavy atom. The van der Waals surface area contributed by atoms with Crippen LogP contribution in [-0.2, 0) is 11.3 Å². The Morgan fingerprint density at radius 3 is 2.88 bits per heavy atom. The number of halogens is 2. The lowest BCUT2D eigenvalue weighted by Gasteiger charge is -2.09. The molecule has 122 valence electrons. The van der Waals surface area contributed by atoms with Crippen LogP contribution >= 0.6 is 15.9 Å². The quantitative estimate of drug-likeness (QED) is 0.747. The Balaban J connectivity index is 1.86. The van der Waals surface area contributed by atoms with Gasteiger partial charge in [0, 0.05) is 4.47 Å². The molecule has 2 aromatic carbocycles. The van der Waals surface area contributed by atoms with Crippen molar-refractivity contribution >= 4 is 38.4 Å². The highest BCUT2D eigenvalue weighted by atomic mass is 79.9. The molecule has 24 heavy (non-hydrogen) atoms. The van der Waals surface area contributed by atoms with E-state index in [9.17, 15) is 14.0 Å². The van der Waals surface area contributed by atoms with Crippen molar-refractivity contribution in [2.75, 3.05) is 5.32 Å². The first-order valence-corrected chi connectivity index (χ1v) is 7.94. The summed E-state index contributed by atoms with van der Waals surface area (Å²) in [7, 11) is 0. The van der Waals surface area contributed by atoms with Crippen molar-refractivity contribution in [3.63, 3.8) is 0 Å². The summed E-state index contributed by atoms with van der Waals surface area (Å²) in [6.07, 6.45) is 1.33. The minimum Gasteiger partial charge on any atom is -0.322 e. The SMILES string of the molecule is Cc1cccc2c(=O)n(CC(=O)Nc3ccc(Br)cc3F)cnc12. The normalized spacial score (nSPS) is 10.8. The molecule has 1 N–H and O–H groups in total. The van der Waals surface area contributed by atoms with Gasteiger partial charge in [-0.15, -0.1) is 0 Å². The number of anilines is 1. The molecule has 0 saturated carbocycles. The fraction of sp³-hybridized carbons (Fsp3) is 0.118. The number of aromatic nitrogens is 2. The number of fused-ring (bicyclic) bond motifs is 1. The van der Waals surface area contributed by atoms with Gasteiger partial charge in [0.05, 0.1) is 22.9 Å². The highest BCUT2D eigenvalue weighted by molar-refractivity contribution is 9.10. The van der Waals surface area contributed by atoms with Crippen LogP contribution in [0, 0.1) is 12.7 Å². The van der Waals surface area contributed by atoms with E-state index in [0.717, 1.165) is 5.56 Å². The molecule has 1 amide bonds. The van der Waals surface area contributed by atoms with E-state index in [0.29, 0.717) is 15.4 Å². The van der Waals surface area contributed by atoms with Crippen molar-refractivity contribution in [1.29, 1.82) is 0 Å². The Kier molecular flexibility index (Phi) is 4.44. The van der Waals surface area contributed by atoms with E-state index >= 15 is 0 Å². The van der Waals surface area contributed by atoms with Gasteiger partial charge in [-0.25, -0.2) is 9.37 Å². The maximum Gasteiger partial charge on any atom is 0.261 e. The molecule has 5 nitrogen and oxygen atoms in total. The zero-order valence-electron chi connectivity index (χ0n) is 12.7. The van der Waals surface area contributed by atoms with E-state index in [2.05, 4.69) is 26.2 Å². The third-order valence-corrected chi connectivity index (χ3v) is 4.07. The molecule has 0 radical (unpaired) electrons. The number of hydrogen-bond acceptors (Lipinski definition) is 3. The van der Waals surface area contributed by atoms with E-state index in [-0.39, 0.29) is 17.8 Å². The summed E-state index contributed by atoms with van der Waals surface area (Å²) < 4.78 is 15.5. The molecular weight excluding hydrogens is 377 g/mol. The molecule has 1 heterocycles. The third kappa shape index (κ3) is 3.21. The average Bonchev–Trinajstić information content (AvgIpc) is 2.53. The van der Waals surface area contributed by atoms with E-state index in [1.807, 2.05) is 13.0 Å². The number of carbonyl (C=O) groups is 1. The number of hydrogen-bond donors (Lipinski definition) is 1. The van der Waals surface area contributed by atoms with E-state index < -0.39 is 11.7 Å². The fourth-order valence-corrected chi connectivity index (χ4v) is 2.72. The van der Waals surface area contributed by atoms with Crippen molar-refractivity contribution in [3.05, 3.63) is 68.9 Å². The molecule has 0 unspecified atom stereocenters. The second-order valence-electron chi connectivity index (χ2n) is 5.32. The molecule has 0 saturated heterocycles. The Morgan fingerprint density at radius 2 is 2.12 bits per heavy atom. The number of carbonyl (C=O) groups excluding carboxylic acids is 1. The minimum atomic E-state index is -0.558. The van der Waals surface area contributed by atoms with Gasteiger partial charge in [-0.2, -0.15) is 0 Å². The summed E-state index contributed by atoms with van der Waals surface area (Å²) in [6.45, 7) is 1.62. The molecule has 0 fully saturated rings. The summed E-state index contributed by atoms with van der Waals surface area (Å²) in [5, 5.41) is 2.89. The predicted molar refractivity (Wildman–Crippen MR) is 93.5 cm³/mol. The van der Waals surface area contributed by atoms with Gasteiger partial charge < -0.3 is 5.32 Å². The van der Waals surface area contributed by atoms with Crippen LogP contribution in [0.1, 0.15) is 5.56 Å². The van der Waals surface area contributed by atoms with Gasteiger partial charge in [0.2, 0.25) is 5.91 Å². The Labute approximate surface area is 145 Å². The second-order valence-corrected chi connectivity index (χ2v) is 6.24. The van der Waals surface area contributed by atoms with Crippen molar-refractivity contribution in [1.82, 2.24) is 9.55 Å². The largest absolute Gasteiger partial charge is 0.322 e. The number of amides is 1. The molecule has 7 heteroatoms. The van der Waals surface area contributed by atoms with Gasteiger partial charge in [-0.05, 0) is 36.8 Å². The standard InChI is InChI=1S/C17H13BrFN3O2/c1-10-3-2-4-12-16(10)20-9-22(17(12)24)8-15(23)21-14-6-5-11(18)7-13(14)19/h2-7,9H,8H2,1H3,(H,21,23). The average molecular weight is 390 g/mol. The van der Waals surface area contributed by atoms with Crippen LogP contribution in [0.4, 0.5) is 10.1 Å². The van der Waals surface area contributed by atoms with Gasteiger partial charge in [0.1, 0.15) is 12.4 Å². The number of nitrogens with zero attached hydrogens (tertiary/aromatic N) is 2. The molecule has 0 aliphatic carbocycles. The predicted octanol–water partition coefficient (Wildman–Crippen LogP) is 3.25. The lowest BCUT2D eigenvalue weighted by Crippen LogP contribution is -2.28. The molecule has 3 aromatic rings. The fourth-order valence-electron chi connectivity index (χ4n) is 2.39. The van der Waals surface area contributed by atoms with Crippen molar-refractivity contribution in [2.24, 2.45) is 0 Å². The van der Waals surface area contributed by atoms with Gasteiger partial charge in [0.15, 0.2) is 0 Å². The number of aryl methyl sites for hydroxylation is 1. The summed E-state index contributed by atoms with van der Waals surface area (Å²) in [5.41, 5.74) is 1.24. The van der Waals surface area contributed by atoms with Gasteiger partial charge in [-0.3, -0.25) is 14.2 Å². The Bertz CT molecular complexity index is 1000. The molecule has 0 bridgehead atoms. The van der Waals surface area contributed by atoms with Crippen molar-refractivity contribution in [3.8, 4) is 0 Å². The summed E-state index contributed by atoms with van der Waals surface area (Å²) in [6, 6.07) is 9.61. The van der Waals surface area contributed by atoms with Crippen LogP contribution in [0.15, 0.2) is 52.0 Å². The second kappa shape index (κ2) is 6.52. The summed E-state index contributed by atoms with van der Waals surface area (Å²) >= 11 is 3.15. The molecule has 0 aliphatic rings. The van der Waals surface area contributed by atoms with Crippen LogP contribution in [-0.4, -0.2) is 15.5 Å². The number of benzene rings is 2. The molecule has 0 atom stereocenters. The smallest absolute Gasteiger partial charge is 0.261 e. The van der Waals surface area contributed by atoms with Crippen LogP contribution in [0.5, 0.6) is 0 Å². The highest BCUT2D eigenvalue weighted by Gasteiger charge is 2.11. The van der Waals surface area contributed by atoms with E-state index in [1.54, 1.807) is 18.2 Å². The first kappa shape index (κ1) is 16.3. The minimum absolute atomic E-state index is 0.0563. The highest BCUT2D eigenvalue weighted by Crippen LogP contribution is 2.19. The molecular formula is C17H13BrFN3O2. The lowest BCUT2D eigenvalue weighted by molar-refractivity contribution is -0.116. The van der Waals surface area contributed by atoms with Crippen LogP contribution < -0.4 is 10.9 Å². The molecule has 3 rings (SSSR count). The van der Waals surface area contributed by atoms with Crippen molar-refractivity contribution < 1.29 is 9.18 Å². The molecule has 0 spiro atoms. The number of rotatable bonds is 3. The summed E-state index contributed by atoms with van der Waals surface area (Å²) in [5.74, 6) is -1.07. The number of para-hydroxylation sites is 1. The maximum absolute atomic E-state index is 13.8. The topological polar surface area (TPSA) is 64.0 Å². The summed E-state index contributed by atoms with van der Waals surface area (Å²) in [4.78, 5) is 28.8. The van der Waals surface area contributed by atoms with Crippen LogP contribution in [0.2, 0.25) is 0 Å². The van der Waals surface area contributed by atoms with Crippen LogP contribution in [0.25, 0.3) is 10.9 Å². The monoisotopic (exact) mass is 389 g/mol. The molecule has 1 aromatic heterocycles. The van der Waals surface area contributed by atoms with Gasteiger partial charge in [0.25, 0.3) is 5.56 Å². The van der Waals surface area contributed by atoms with Crippen molar-refractivity contribution in [2.45, 2.75) is 13.5 Å². The Hall–Kier alpha value is -2.54. The van der Waals surface area contributed by atoms with E-state index in [4.69, 9.17) is 0 Å². The van der Waals surface area contributed by atoms with Gasteiger partial charge in [-0.1, -0.05) is 28.1 Å². The number of nitrogens with one attached hydrogen (secondary N) is 1. The van der Waals surface area contributed by atoms with Crippen LogP contribution in [0.3, 0.4) is 0 Å². The maximum atomic E-state index is 13.8. The lowest BCUT2D eigenvalue weighted by atomic mass is 10.1. The van der Waals surface area contributed by atoms with Gasteiger partial charge >= 0.3 is 0 Å².